The lowest BCUT2D eigenvalue weighted by molar-refractivity contribution is -0.260. The molecule has 1 spiro atoms. The van der Waals surface area contributed by atoms with Crippen molar-refractivity contribution in [3.63, 3.8) is 0 Å². The molecule has 1 nitrogen and oxygen atoms in total. The van der Waals surface area contributed by atoms with Crippen molar-refractivity contribution in [1.82, 2.24) is 5.32 Å². The van der Waals surface area contributed by atoms with Crippen LogP contribution in [0.15, 0.2) is 0 Å². The number of nitrogens with one attached hydrogen (secondary N) is 1. The summed E-state index contributed by atoms with van der Waals surface area (Å²) in [6.07, 6.45) is 1.50. The molecule has 4 aliphatic carbocycles. The Morgan fingerprint density at radius 1 is 0.810 bits per heavy atom. The van der Waals surface area contributed by atoms with Crippen molar-refractivity contribution < 1.29 is 0 Å². The Morgan fingerprint density at radius 2 is 1.43 bits per heavy atom. The first-order chi connectivity index (χ1) is 9.73. The maximum atomic E-state index is 4.03. The van der Waals surface area contributed by atoms with E-state index in [1.807, 2.05) is 0 Å². The Kier molecular flexibility index (Phi) is 3.76. The Balaban J connectivity index is 2.01. The molecule has 4 saturated carbocycles. The van der Waals surface area contributed by atoms with Gasteiger partial charge in [-0.3, -0.25) is 0 Å². The molecule has 0 saturated heterocycles. The third-order valence-corrected chi connectivity index (χ3v) is 8.66. The average Bonchev–Trinajstić information content (AvgIpc) is 2.39. The van der Waals surface area contributed by atoms with E-state index in [1.165, 1.54) is 6.42 Å². The Labute approximate surface area is 132 Å². The number of hydrogen-bond donors (Lipinski definition) is 1. The van der Waals surface area contributed by atoms with Gasteiger partial charge in [-0.05, 0) is 59.2 Å². The summed E-state index contributed by atoms with van der Waals surface area (Å²) in [5.74, 6) is 7.23. The molecular formula is C20H37N. The fourth-order valence-corrected chi connectivity index (χ4v) is 7.01. The minimum Gasteiger partial charge on any atom is -0.311 e. The fourth-order valence-electron chi connectivity index (χ4n) is 7.01. The van der Waals surface area contributed by atoms with Crippen LogP contribution in [0.2, 0.25) is 0 Å². The minimum atomic E-state index is 0.589. The van der Waals surface area contributed by atoms with E-state index in [-0.39, 0.29) is 0 Å². The van der Waals surface area contributed by atoms with E-state index in [4.69, 9.17) is 0 Å². The van der Waals surface area contributed by atoms with Crippen molar-refractivity contribution >= 4 is 0 Å². The smallest absolute Gasteiger partial charge is 0.0160 e. The number of rotatable bonds is 2. The zero-order chi connectivity index (χ0) is 15.7. The molecule has 0 aromatic rings. The molecular weight excluding hydrogens is 254 g/mol. The quantitative estimate of drug-likeness (QED) is 0.769. The van der Waals surface area contributed by atoms with Crippen LogP contribution >= 0.6 is 0 Å². The van der Waals surface area contributed by atoms with Crippen LogP contribution in [0.4, 0.5) is 0 Å². The molecule has 0 radical (unpaired) electrons. The first kappa shape index (κ1) is 15.8. The van der Waals surface area contributed by atoms with Crippen molar-refractivity contribution in [2.24, 2.45) is 52.8 Å². The van der Waals surface area contributed by atoms with Crippen LogP contribution in [0.5, 0.6) is 0 Å². The van der Waals surface area contributed by atoms with E-state index in [2.05, 4.69) is 60.7 Å². The zero-order valence-electron chi connectivity index (χ0n) is 15.5. The Hall–Kier alpha value is -0.0400. The van der Waals surface area contributed by atoms with E-state index in [0.717, 1.165) is 53.4 Å². The SMILES string of the molecule is CC(C)NC1C(C)C(C)C2C[C@]13C(C)C(C)C(C)C(C)C23. The van der Waals surface area contributed by atoms with Gasteiger partial charge in [-0.15, -0.1) is 0 Å². The largest absolute Gasteiger partial charge is 0.311 e. The molecule has 4 fully saturated rings. The molecule has 4 aliphatic rings. The van der Waals surface area contributed by atoms with E-state index < -0.39 is 0 Å². The summed E-state index contributed by atoms with van der Waals surface area (Å²) in [5, 5.41) is 4.03. The summed E-state index contributed by atoms with van der Waals surface area (Å²) in [5.41, 5.74) is 0.589. The van der Waals surface area contributed by atoms with Gasteiger partial charge in [0, 0.05) is 12.1 Å². The number of fused-ring (bicyclic) bond motifs is 2. The third kappa shape index (κ3) is 1.85. The summed E-state index contributed by atoms with van der Waals surface area (Å²) >= 11 is 0. The van der Waals surface area contributed by atoms with Crippen molar-refractivity contribution in [3.8, 4) is 0 Å². The molecule has 0 amide bonds. The third-order valence-electron chi connectivity index (χ3n) is 8.66. The highest BCUT2D eigenvalue weighted by atomic mass is 15.0. The summed E-state index contributed by atoms with van der Waals surface area (Å²) in [6.45, 7) is 19.9. The van der Waals surface area contributed by atoms with E-state index in [0.29, 0.717) is 11.5 Å². The van der Waals surface area contributed by atoms with Gasteiger partial charge in [0.25, 0.3) is 0 Å². The van der Waals surface area contributed by atoms with Crippen molar-refractivity contribution in [2.75, 3.05) is 0 Å². The minimum absolute atomic E-state index is 0.589. The monoisotopic (exact) mass is 291 g/mol. The first-order valence-electron chi connectivity index (χ1n) is 9.49. The fraction of sp³-hybridized carbons (Fsp3) is 1.00. The number of hydrogen-bond acceptors (Lipinski definition) is 1. The van der Waals surface area contributed by atoms with E-state index >= 15 is 0 Å². The highest BCUT2D eigenvalue weighted by molar-refractivity contribution is 5.20. The molecule has 0 heterocycles. The molecule has 2 bridgehead atoms. The van der Waals surface area contributed by atoms with Gasteiger partial charge in [0.2, 0.25) is 0 Å². The molecule has 4 rings (SSSR count). The van der Waals surface area contributed by atoms with Gasteiger partial charge in [0.05, 0.1) is 0 Å². The van der Waals surface area contributed by atoms with Crippen LogP contribution in [0.3, 0.4) is 0 Å². The molecule has 0 aromatic heterocycles. The molecule has 0 aromatic carbocycles. The second kappa shape index (κ2) is 4.98. The van der Waals surface area contributed by atoms with Gasteiger partial charge >= 0.3 is 0 Å². The van der Waals surface area contributed by atoms with Crippen LogP contribution in [0, 0.1) is 52.8 Å². The standard InChI is InChI=1S/C20H37N/c1-10(2)21-19-15(7)13(5)17-9-20(19)16(8)12(4)11(3)14(6)18(17)20/h10-19,21H,9H2,1-8H3/t11?,12?,13?,14?,15?,16?,17?,18?,19?,20-/m1/s1. The van der Waals surface area contributed by atoms with Crippen LogP contribution in [-0.4, -0.2) is 12.1 Å². The van der Waals surface area contributed by atoms with Crippen LogP contribution in [0.25, 0.3) is 0 Å². The summed E-state index contributed by atoms with van der Waals surface area (Å²) in [6, 6.07) is 1.34. The second-order valence-electron chi connectivity index (χ2n) is 9.39. The topological polar surface area (TPSA) is 12.0 Å². The molecule has 9 unspecified atom stereocenters. The van der Waals surface area contributed by atoms with Gasteiger partial charge in [-0.2, -0.15) is 0 Å². The normalized spacial score (nSPS) is 59.6. The maximum absolute atomic E-state index is 4.03. The van der Waals surface area contributed by atoms with Crippen molar-refractivity contribution in [2.45, 2.75) is 73.9 Å². The average molecular weight is 292 g/mol. The summed E-state index contributed by atoms with van der Waals surface area (Å²) in [4.78, 5) is 0. The highest BCUT2D eigenvalue weighted by Crippen LogP contribution is 2.73. The lowest BCUT2D eigenvalue weighted by atomic mass is 9.31. The maximum Gasteiger partial charge on any atom is 0.0160 e. The van der Waals surface area contributed by atoms with Crippen LogP contribution in [-0.2, 0) is 0 Å². The summed E-state index contributed by atoms with van der Waals surface area (Å²) < 4.78 is 0. The van der Waals surface area contributed by atoms with E-state index in [9.17, 15) is 0 Å². The molecule has 1 heteroatoms. The van der Waals surface area contributed by atoms with Gasteiger partial charge in [-0.25, -0.2) is 0 Å². The lowest BCUT2D eigenvalue weighted by Crippen LogP contribution is -2.75. The van der Waals surface area contributed by atoms with Crippen LogP contribution < -0.4 is 5.32 Å². The molecule has 10 atom stereocenters. The van der Waals surface area contributed by atoms with E-state index in [1.54, 1.807) is 0 Å². The summed E-state index contributed by atoms with van der Waals surface area (Å²) in [7, 11) is 0. The van der Waals surface area contributed by atoms with Crippen LogP contribution in [0.1, 0.15) is 61.8 Å². The second-order valence-corrected chi connectivity index (χ2v) is 9.39. The van der Waals surface area contributed by atoms with Gasteiger partial charge < -0.3 is 5.32 Å². The highest BCUT2D eigenvalue weighted by Gasteiger charge is 2.71. The zero-order valence-corrected chi connectivity index (χ0v) is 15.5. The first-order valence-corrected chi connectivity index (χ1v) is 9.49. The molecule has 122 valence electrons. The Morgan fingerprint density at radius 3 is 2.00 bits per heavy atom. The Bertz CT molecular complexity index is 401. The predicted octanol–water partition coefficient (Wildman–Crippen LogP) is 4.82. The van der Waals surface area contributed by atoms with Gasteiger partial charge in [0.15, 0.2) is 0 Å². The predicted molar refractivity (Wildman–Crippen MR) is 91.1 cm³/mol. The lowest BCUT2D eigenvalue weighted by Gasteiger charge is -2.75. The molecule has 1 N–H and O–H groups in total. The molecule has 21 heavy (non-hydrogen) atoms. The van der Waals surface area contributed by atoms with Gasteiger partial charge in [-0.1, -0.05) is 55.4 Å². The molecule has 0 aliphatic heterocycles. The van der Waals surface area contributed by atoms with Gasteiger partial charge in [0.1, 0.15) is 0 Å². The van der Waals surface area contributed by atoms with Crippen molar-refractivity contribution in [1.29, 1.82) is 0 Å². The van der Waals surface area contributed by atoms with Crippen molar-refractivity contribution in [3.05, 3.63) is 0 Å².